The molecule has 122 valence electrons. The van der Waals surface area contributed by atoms with Crippen LogP contribution in [0.25, 0.3) is 11.0 Å². The summed E-state index contributed by atoms with van der Waals surface area (Å²) in [6.45, 7) is 0. The summed E-state index contributed by atoms with van der Waals surface area (Å²) in [5, 5.41) is 3.10. The van der Waals surface area contributed by atoms with Crippen LogP contribution in [0.4, 0.5) is 5.69 Å². The van der Waals surface area contributed by atoms with E-state index in [2.05, 4.69) is 5.32 Å². The van der Waals surface area contributed by atoms with Crippen molar-refractivity contribution in [3.8, 4) is 11.5 Å². The molecule has 6 heteroatoms. The lowest BCUT2D eigenvalue weighted by molar-refractivity contribution is 0.0997. The molecule has 0 aliphatic heterocycles. The van der Waals surface area contributed by atoms with Crippen LogP contribution in [0.1, 0.15) is 10.6 Å². The molecule has 0 aliphatic carbocycles. The third-order valence-corrected chi connectivity index (χ3v) is 3.47. The fraction of sp³-hybridized carbons (Fsp3) is 0.111. The van der Waals surface area contributed by atoms with Gasteiger partial charge in [-0.1, -0.05) is 12.1 Å². The molecule has 0 fully saturated rings. The summed E-state index contributed by atoms with van der Waals surface area (Å²) in [4.78, 5) is 24.5. The topological polar surface area (TPSA) is 77.8 Å². The Hall–Kier alpha value is -3.28. The van der Waals surface area contributed by atoms with Gasteiger partial charge < -0.3 is 19.2 Å². The molecule has 0 bridgehead atoms. The van der Waals surface area contributed by atoms with Gasteiger partial charge in [0.05, 0.1) is 19.6 Å². The number of benzene rings is 2. The Kier molecular flexibility index (Phi) is 4.20. The van der Waals surface area contributed by atoms with Crippen molar-refractivity contribution >= 4 is 22.6 Å². The van der Waals surface area contributed by atoms with Crippen LogP contribution in [0.15, 0.2) is 57.7 Å². The minimum atomic E-state index is -0.534. The first-order valence-electron chi connectivity index (χ1n) is 7.18. The Balaban J connectivity index is 1.94. The van der Waals surface area contributed by atoms with E-state index >= 15 is 0 Å². The summed E-state index contributed by atoms with van der Waals surface area (Å²) in [6.07, 6.45) is 0. The predicted octanol–water partition coefficient (Wildman–Crippen LogP) is 3.06. The number of rotatable bonds is 4. The van der Waals surface area contributed by atoms with Gasteiger partial charge in [-0.05, 0) is 12.1 Å². The lowest BCUT2D eigenvalue weighted by Crippen LogP contribution is -2.15. The Morgan fingerprint density at radius 1 is 1.00 bits per heavy atom. The first kappa shape index (κ1) is 15.6. The fourth-order valence-corrected chi connectivity index (χ4v) is 2.29. The molecule has 0 atom stereocenters. The number of amides is 1. The van der Waals surface area contributed by atoms with E-state index in [1.807, 2.05) is 0 Å². The van der Waals surface area contributed by atoms with Gasteiger partial charge in [0, 0.05) is 30.0 Å². The average molecular weight is 325 g/mol. The SMILES string of the molecule is COc1cc(NC(=O)c2cc(=O)c3ccccc3o2)cc(OC)c1. The number of para-hydroxylation sites is 1. The number of fused-ring (bicyclic) bond motifs is 1. The lowest BCUT2D eigenvalue weighted by Gasteiger charge is -2.09. The van der Waals surface area contributed by atoms with Gasteiger partial charge in [0.2, 0.25) is 0 Å². The van der Waals surface area contributed by atoms with Gasteiger partial charge in [0.25, 0.3) is 5.91 Å². The first-order chi connectivity index (χ1) is 11.6. The Labute approximate surface area is 137 Å². The largest absolute Gasteiger partial charge is 0.497 e. The van der Waals surface area contributed by atoms with Gasteiger partial charge in [-0.25, -0.2) is 0 Å². The lowest BCUT2D eigenvalue weighted by atomic mass is 10.2. The van der Waals surface area contributed by atoms with Crippen molar-refractivity contribution in [3.05, 3.63) is 64.5 Å². The van der Waals surface area contributed by atoms with Gasteiger partial charge in [-0.3, -0.25) is 9.59 Å². The summed E-state index contributed by atoms with van der Waals surface area (Å²) in [6, 6.07) is 12.9. The van der Waals surface area contributed by atoms with Crippen LogP contribution in [-0.2, 0) is 0 Å². The van der Waals surface area contributed by atoms with Crippen LogP contribution in [-0.4, -0.2) is 20.1 Å². The summed E-state index contributed by atoms with van der Waals surface area (Å²) in [7, 11) is 3.03. The number of carbonyl (C=O) groups is 1. The van der Waals surface area contributed by atoms with Crippen molar-refractivity contribution in [1.82, 2.24) is 0 Å². The predicted molar refractivity (Wildman–Crippen MR) is 90.0 cm³/mol. The van der Waals surface area contributed by atoms with Crippen molar-refractivity contribution in [2.24, 2.45) is 0 Å². The smallest absolute Gasteiger partial charge is 0.291 e. The van der Waals surface area contributed by atoms with Gasteiger partial charge in [-0.15, -0.1) is 0 Å². The maximum Gasteiger partial charge on any atom is 0.291 e. The molecule has 6 nitrogen and oxygen atoms in total. The zero-order valence-electron chi connectivity index (χ0n) is 13.2. The van der Waals surface area contributed by atoms with E-state index in [1.165, 1.54) is 20.3 Å². The van der Waals surface area contributed by atoms with E-state index in [4.69, 9.17) is 13.9 Å². The molecule has 0 saturated heterocycles. The molecule has 1 amide bonds. The highest BCUT2D eigenvalue weighted by Crippen LogP contribution is 2.26. The average Bonchev–Trinajstić information content (AvgIpc) is 2.61. The zero-order chi connectivity index (χ0) is 17.1. The first-order valence-corrected chi connectivity index (χ1v) is 7.18. The van der Waals surface area contributed by atoms with E-state index in [-0.39, 0.29) is 11.2 Å². The number of methoxy groups -OCH3 is 2. The van der Waals surface area contributed by atoms with Gasteiger partial charge in [0.15, 0.2) is 11.2 Å². The Morgan fingerprint density at radius 2 is 1.67 bits per heavy atom. The van der Waals surface area contributed by atoms with E-state index in [0.717, 1.165) is 0 Å². The third kappa shape index (κ3) is 3.08. The van der Waals surface area contributed by atoms with E-state index in [9.17, 15) is 9.59 Å². The maximum atomic E-state index is 12.4. The number of carbonyl (C=O) groups excluding carboxylic acids is 1. The van der Waals surface area contributed by atoms with Crippen LogP contribution in [0.2, 0.25) is 0 Å². The standard InChI is InChI=1S/C18H15NO5/c1-22-12-7-11(8-13(9-12)23-2)19-18(21)17-10-15(20)14-5-3-4-6-16(14)24-17/h3-10H,1-2H3,(H,19,21). The minimum Gasteiger partial charge on any atom is -0.497 e. The summed E-state index contributed by atoms with van der Waals surface area (Å²) in [5.74, 6) is 0.461. The van der Waals surface area contributed by atoms with Crippen molar-refractivity contribution in [2.45, 2.75) is 0 Å². The molecule has 3 aromatic rings. The maximum absolute atomic E-state index is 12.4. The number of ether oxygens (including phenoxy) is 2. The molecule has 24 heavy (non-hydrogen) atoms. The molecule has 1 heterocycles. The second kappa shape index (κ2) is 6.45. The Morgan fingerprint density at radius 3 is 2.33 bits per heavy atom. The normalized spacial score (nSPS) is 10.4. The van der Waals surface area contributed by atoms with E-state index < -0.39 is 5.91 Å². The van der Waals surface area contributed by atoms with Crippen LogP contribution < -0.4 is 20.2 Å². The fourth-order valence-electron chi connectivity index (χ4n) is 2.29. The van der Waals surface area contributed by atoms with Crippen molar-refractivity contribution in [3.63, 3.8) is 0 Å². The highest BCUT2D eigenvalue weighted by atomic mass is 16.5. The highest BCUT2D eigenvalue weighted by molar-refractivity contribution is 6.03. The number of hydrogen-bond acceptors (Lipinski definition) is 5. The molecule has 1 N–H and O–H groups in total. The number of nitrogens with one attached hydrogen (secondary N) is 1. The van der Waals surface area contributed by atoms with Gasteiger partial charge >= 0.3 is 0 Å². The molecule has 2 aromatic carbocycles. The molecule has 0 unspecified atom stereocenters. The second-order valence-electron chi connectivity index (χ2n) is 5.03. The highest BCUT2D eigenvalue weighted by Gasteiger charge is 2.13. The monoisotopic (exact) mass is 325 g/mol. The molecular weight excluding hydrogens is 310 g/mol. The van der Waals surface area contributed by atoms with E-state index in [1.54, 1.807) is 42.5 Å². The van der Waals surface area contributed by atoms with Crippen LogP contribution in [0, 0.1) is 0 Å². The molecule has 0 aliphatic rings. The van der Waals surface area contributed by atoms with Crippen molar-refractivity contribution < 1.29 is 18.7 Å². The quantitative estimate of drug-likeness (QED) is 0.797. The summed E-state index contributed by atoms with van der Waals surface area (Å²) >= 11 is 0. The van der Waals surface area contributed by atoms with Crippen LogP contribution in [0.3, 0.4) is 0 Å². The van der Waals surface area contributed by atoms with Gasteiger partial charge in [0.1, 0.15) is 17.1 Å². The molecule has 3 rings (SSSR count). The van der Waals surface area contributed by atoms with Gasteiger partial charge in [-0.2, -0.15) is 0 Å². The third-order valence-electron chi connectivity index (χ3n) is 3.47. The zero-order valence-corrected chi connectivity index (χ0v) is 13.2. The molecular formula is C18H15NO5. The van der Waals surface area contributed by atoms with Crippen LogP contribution in [0.5, 0.6) is 11.5 Å². The molecule has 0 saturated carbocycles. The van der Waals surface area contributed by atoms with Crippen molar-refractivity contribution in [2.75, 3.05) is 19.5 Å². The molecule has 0 spiro atoms. The summed E-state index contributed by atoms with van der Waals surface area (Å²) in [5.41, 5.74) is 0.551. The van der Waals surface area contributed by atoms with E-state index in [0.29, 0.717) is 28.2 Å². The molecule has 0 radical (unpaired) electrons. The number of hydrogen-bond donors (Lipinski definition) is 1. The Bertz CT molecular complexity index is 939. The molecule has 1 aromatic heterocycles. The minimum absolute atomic E-state index is 0.0690. The second-order valence-corrected chi connectivity index (χ2v) is 5.03. The summed E-state index contributed by atoms with van der Waals surface area (Å²) < 4.78 is 15.8. The van der Waals surface area contributed by atoms with Crippen molar-refractivity contribution in [1.29, 1.82) is 0 Å². The number of anilines is 1. The van der Waals surface area contributed by atoms with Crippen LogP contribution >= 0.6 is 0 Å².